The Morgan fingerprint density at radius 3 is 3.33 bits per heavy atom. The van der Waals surface area contributed by atoms with Crippen LogP contribution in [0.3, 0.4) is 0 Å². The Kier molecular flexibility index (Phi) is 1.79. The zero-order valence-corrected chi connectivity index (χ0v) is 6.83. The Labute approximate surface area is 70.0 Å². The lowest BCUT2D eigenvalue weighted by molar-refractivity contribution is -0.162. The molecule has 5 heteroatoms. The highest BCUT2D eigenvalue weighted by atomic mass is 16.7. The van der Waals surface area contributed by atoms with Gasteiger partial charge in [0.1, 0.15) is 12.9 Å². The zero-order valence-electron chi connectivity index (χ0n) is 6.83. The van der Waals surface area contributed by atoms with Gasteiger partial charge in [0.2, 0.25) is 5.60 Å². The fraction of sp³-hybridized carbons (Fsp3) is 0.857. The summed E-state index contributed by atoms with van der Waals surface area (Å²) in [6.07, 6.45) is -0.190. The fourth-order valence-corrected chi connectivity index (χ4v) is 1.66. The average Bonchev–Trinajstić information content (AvgIpc) is 2.60. The van der Waals surface area contributed by atoms with E-state index in [-0.39, 0.29) is 18.9 Å². The van der Waals surface area contributed by atoms with E-state index in [1.165, 1.54) is 7.11 Å². The highest BCUT2D eigenvalue weighted by Crippen LogP contribution is 2.29. The van der Waals surface area contributed by atoms with E-state index in [1.54, 1.807) is 0 Å². The van der Waals surface area contributed by atoms with Gasteiger partial charge in [0.05, 0.1) is 7.11 Å². The summed E-state index contributed by atoms with van der Waals surface area (Å²) in [7, 11) is 1.36. The molecule has 0 aromatic rings. The molecule has 2 heterocycles. The van der Waals surface area contributed by atoms with Crippen LogP contribution in [0.25, 0.3) is 0 Å². The molecule has 0 aromatic heterocycles. The molecular weight excluding hydrogens is 162 g/mol. The number of fused-ring (bicyclic) bond motifs is 1. The van der Waals surface area contributed by atoms with Gasteiger partial charge in [-0.2, -0.15) is 0 Å². The molecule has 2 aliphatic rings. The van der Waals surface area contributed by atoms with Crippen molar-refractivity contribution in [3.63, 3.8) is 0 Å². The molecule has 2 rings (SSSR count). The molecule has 2 fully saturated rings. The summed E-state index contributed by atoms with van der Waals surface area (Å²) in [5, 5.41) is 3.03. The predicted octanol–water partition coefficient (Wildman–Crippen LogP) is -1.13. The molecule has 2 unspecified atom stereocenters. The van der Waals surface area contributed by atoms with E-state index < -0.39 is 5.60 Å². The Morgan fingerprint density at radius 1 is 1.75 bits per heavy atom. The lowest BCUT2D eigenvalue weighted by atomic mass is 10.0. The third-order valence-electron chi connectivity index (χ3n) is 2.35. The fourth-order valence-electron chi connectivity index (χ4n) is 1.66. The topological polar surface area (TPSA) is 56.8 Å². The number of hydrogen-bond donors (Lipinski definition) is 1. The first-order chi connectivity index (χ1) is 5.79. The maximum absolute atomic E-state index is 11.4. The minimum atomic E-state index is -0.880. The predicted molar refractivity (Wildman–Crippen MR) is 38.4 cm³/mol. The highest BCUT2D eigenvalue weighted by Gasteiger charge is 2.56. The van der Waals surface area contributed by atoms with Crippen molar-refractivity contribution in [1.82, 2.24) is 5.32 Å². The van der Waals surface area contributed by atoms with E-state index in [1.807, 2.05) is 0 Å². The monoisotopic (exact) mass is 173 g/mol. The van der Waals surface area contributed by atoms with Gasteiger partial charge in [-0.3, -0.25) is 0 Å². The van der Waals surface area contributed by atoms with E-state index in [9.17, 15) is 4.79 Å². The van der Waals surface area contributed by atoms with Crippen LogP contribution in [0.15, 0.2) is 0 Å². The van der Waals surface area contributed by atoms with Crippen LogP contribution in [-0.2, 0) is 19.0 Å². The second kappa shape index (κ2) is 2.69. The summed E-state index contributed by atoms with van der Waals surface area (Å²) in [5.41, 5.74) is -0.880. The lowest BCUT2D eigenvalue weighted by Crippen LogP contribution is -2.48. The second-order valence-electron chi connectivity index (χ2n) is 2.93. The van der Waals surface area contributed by atoms with Gasteiger partial charge in [0.15, 0.2) is 0 Å². The van der Waals surface area contributed by atoms with Crippen LogP contribution in [0.2, 0.25) is 0 Å². The Bertz CT molecular complexity index is 196. The first-order valence-electron chi connectivity index (χ1n) is 3.84. The molecule has 12 heavy (non-hydrogen) atoms. The molecule has 0 radical (unpaired) electrons. The number of hydrogen-bond acceptors (Lipinski definition) is 5. The second-order valence-corrected chi connectivity index (χ2v) is 2.93. The Balaban J connectivity index is 2.21. The van der Waals surface area contributed by atoms with Crippen LogP contribution in [0, 0.1) is 0 Å². The SMILES string of the molecule is COC(=O)C12CNCC1OCO2. The molecule has 2 atom stereocenters. The van der Waals surface area contributed by atoms with Gasteiger partial charge in [-0.1, -0.05) is 0 Å². The van der Waals surface area contributed by atoms with Crippen molar-refractivity contribution in [3.8, 4) is 0 Å². The maximum Gasteiger partial charge on any atom is 0.342 e. The minimum Gasteiger partial charge on any atom is -0.467 e. The summed E-state index contributed by atoms with van der Waals surface area (Å²) in [4.78, 5) is 11.4. The van der Waals surface area contributed by atoms with Gasteiger partial charge >= 0.3 is 5.97 Å². The number of esters is 1. The molecule has 0 aliphatic carbocycles. The van der Waals surface area contributed by atoms with Crippen molar-refractivity contribution in [2.24, 2.45) is 0 Å². The quantitative estimate of drug-likeness (QED) is 0.509. The van der Waals surface area contributed by atoms with E-state index in [0.29, 0.717) is 13.1 Å². The number of carbonyl (C=O) groups is 1. The van der Waals surface area contributed by atoms with Gasteiger partial charge in [-0.05, 0) is 0 Å². The molecule has 68 valence electrons. The summed E-state index contributed by atoms with van der Waals surface area (Å²) in [6.45, 7) is 1.31. The van der Waals surface area contributed by atoms with Crippen molar-refractivity contribution in [1.29, 1.82) is 0 Å². The van der Waals surface area contributed by atoms with Crippen molar-refractivity contribution < 1.29 is 19.0 Å². The summed E-state index contributed by atoms with van der Waals surface area (Å²) < 4.78 is 15.1. The van der Waals surface area contributed by atoms with Crippen molar-refractivity contribution >= 4 is 5.97 Å². The number of ether oxygens (including phenoxy) is 3. The molecule has 2 aliphatic heterocycles. The van der Waals surface area contributed by atoms with Crippen LogP contribution < -0.4 is 5.32 Å². The van der Waals surface area contributed by atoms with E-state index in [2.05, 4.69) is 10.1 Å². The van der Waals surface area contributed by atoms with Crippen LogP contribution in [0.4, 0.5) is 0 Å². The summed E-state index contributed by atoms with van der Waals surface area (Å²) in [5.74, 6) is -0.352. The smallest absolute Gasteiger partial charge is 0.342 e. The van der Waals surface area contributed by atoms with Crippen LogP contribution in [0.1, 0.15) is 0 Å². The van der Waals surface area contributed by atoms with Gasteiger partial charge < -0.3 is 19.5 Å². The largest absolute Gasteiger partial charge is 0.467 e. The van der Waals surface area contributed by atoms with Crippen molar-refractivity contribution in [3.05, 3.63) is 0 Å². The van der Waals surface area contributed by atoms with Gasteiger partial charge in [0.25, 0.3) is 0 Å². The normalized spacial score (nSPS) is 39.6. The Morgan fingerprint density at radius 2 is 2.58 bits per heavy atom. The first-order valence-corrected chi connectivity index (χ1v) is 3.84. The number of carbonyl (C=O) groups excluding carboxylic acids is 1. The summed E-state index contributed by atoms with van der Waals surface area (Å²) >= 11 is 0. The third-order valence-corrected chi connectivity index (χ3v) is 2.35. The number of nitrogens with one attached hydrogen (secondary N) is 1. The van der Waals surface area contributed by atoms with Crippen LogP contribution in [-0.4, -0.2) is 44.7 Å². The zero-order chi connectivity index (χ0) is 8.60. The van der Waals surface area contributed by atoms with Gasteiger partial charge in [-0.15, -0.1) is 0 Å². The first kappa shape index (κ1) is 7.97. The Hall–Kier alpha value is -0.650. The van der Waals surface area contributed by atoms with Crippen molar-refractivity contribution in [2.75, 3.05) is 27.0 Å². The number of rotatable bonds is 1. The van der Waals surface area contributed by atoms with Crippen molar-refractivity contribution in [2.45, 2.75) is 11.7 Å². The summed E-state index contributed by atoms with van der Waals surface area (Å²) in [6, 6.07) is 0. The molecule has 0 saturated carbocycles. The molecule has 0 aromatic carbocycles. The maximum atomic E-state index is 11.4. The number of methoxy groups -OCH3 is 1. The molecule has 0 amide bonds. The molecular formula is C7H11NO4. The average molecular weight is 173 g/mol. The molecule has 0 spiro atoms. The minimum absolute atomic E-state index is 0.182. The lowest BCUT2D eigenvalue weighted by Gasteiger charge is -2.21. The van der Waals surface area contributed by atoms with Gasteiger partial charge in [-0.25, -0.2) is 4.79 Å². The van der Waals surface area contributed by atoms with E-state index in [0.717, 1.165) is 0 Å². The highest BCUT2D eigenvalue weighted by molar-refractivity contribution is 5.81. The molecule has 5 nitrogen and oxygen atoms in total. The molecule has 2 saturated heterocycles. The van der Waals surface area contributed by atoms with Crippen LogP contribution >= 0.6 is 0 Å². The van der Waals surface area contributed by atoms with Gasteiger partial charge in [0, 0.05) is 13.1 Å². The van der Waals surface area contributed by atoms with E-state index >= 15 is 0 Å². The van der Waals surface area contributed by atoms with Crippen LogP contribution in [0.5, 0.6) is 0 Å². The third kappa shape index (κ3) is 0.872. The standard InChI is InChI=1S/C7H11NO4/c1-10-6(9)7-3-8-2-5(7)11-4-12-7/h5,8H,2-4H2,1H3. The van der Waals surface area contributed by atoms with E-state index in [4.69, 9.17) is 9.47 Å². The molecule has 0 bridgehead atoms. The molecule has 1 N–H and O–H groups in total.